The molecule has 1 aliphatic rings. The number of primary amides is 1. The highest BCUT2D eigenvalue weighted by Crippen LogP contribution is 2.42. The van der Waals surface area contributed by atoms with E-state index in [0.29, 0.717) is 23.6 Å². The maximum absolute atomic E-state index is 15.5. The summed E-state index contributed by atoms with van der Waals surface area (Å²) in [6.07, 6.45) is 1.26. The number of hydrogen-bond donors (Lipinski definition) is 4. The number of nitrogens with two attached hydrogens (primary N) is 1. The van der Waals surface area contributed by atoms with E-state index in [1.54, 1.807) is 30.3 Å². The second-order valence-corrected chi connectivity index (χ2v) is 10.3. The van der Waals surface area contributed by atoms with Gasteiger partial charge in [0.15, 0.2) is 0 Å². The van der Waals surface area contributed by atoms with Gasteiger partial charge in [-0.3, -0.25) is 14.4 Å². The fraction of sp³-hybridized carbons (Fsp3) is 0.276. The second kappa shape index (κ2) is 12.7. The SMILES string of the molecule is CCCC1N[C@@H](C(=O)Nc2ccc(C(N)=O)cc2OC)C(c2cccc(Cl)c2F)C1C(=O)Nc1cccc(Cl)c1. The lowest BCUT2D eigenvalue weighted by molar-refractivity contribution is -0.120. The molecule has 0 bridgehead atoms. The molecule has 1 fully saturated rings. The molecule has 8 nitrogen and oxygen atoms in total. The van der Waals surface area contributed by atoms with Crippen molar-refractivity contribution < 1.29 is 23.5 Å². The van der Waals surface area contributed by atoms with Crippen LogP contribution in [0.4, 0.5) is 15.8 Å². The summed E-state index contributed by atoms with van der Waals surface area (Å²) in [4.78, 5) is 39.1. The highest BCUT2D eigenvalue weighted by molar-refractivity contribution is 6.31. The number of methoxy groups -OCH3 is 1. The number of ether oxygens (including phenoxy) is 1. The number of rotatable bonds is 9. The van der Waals surface area contributed by atoms with E-state index < -0.39 is 47.5 Å². The minimum absolute atomic E-state index is 0.117. The van der Waals surface area contributed by atoms with Gasteiger partial charge in [-0.05, 0) is 54.4 Å². The van der Waals surface area contributed by atoms with Crippen LogP contribution < -0.4 is 26.4 Å². The highest BCUT2D eigenvalue weighted by atomic mass is 35.5. The van der Waals surface area contributed by atoms with Crippen LogP contribution in [-0.2, 0) is 9.59 Å². The zero-order valence-electron chi connectivity index (χ0n) is 21.8. The summed E-state index contributed by atoms with van der Waals surface area (Å²) in [7, 11) is 1.39. The number of carbonyl (C=O) groups is 3. The molecule has 210 valence electrons. The first kappa shape index (κ1) is 29.3. The zero-order valence-corrected chi connectivity index (χ0v) is 23.4. The van der Waals surface area contributed by atoms with E-state index in [-0.39, 0.29) is 27.6 Å². The van der Waals surface area contributed by atoms with E-state index in [9.17, 15) is 14.4 Å². The first-order valence-electron chi connectivity index (χ1n) is 12.7. The minimum Gasteiger partial charge on any atom is -0.495 e. The van der Waals surface area contributed by atoms with Crippen LogP contribution in [0.5, 0.6) is 5.75 Å². The minimum atomic E-state index is -1.01. The molecule has 0 radical (unpaired) electrons. The molecule has 11 heteroatoms. The summed E-state index contributed by atoms with van der Waals surface area (Å²) < 4.78 is 20.8. The van der Waals surface area contributed by atoms with E-state index in [0.717, 1.165) is 0 Å². The summed E-state index contributed by atoms with van der Waals surface area (Å²) >= 11 is 12.2. The van der Waals surface area contributed by atoms with Gasteiger partial charge < -0.3 is 26.4 Å². The molecule has 0 saturated carbocycles. The molecule has 40 heavy (non-hydrogen) atoms. The quantitative estimate of drug-likeness (QED) is 0.269. The van der Waals surface area contributed by atoms with Crippen LogP contribution in [0, 0.1) is 11.7 Å². The molecule has 4 atom stereocenters. The monoisotopic (exact) mass is 586 g/mol. The van der Waals surface area contributed by atoms with Gasteiger partial charge in [-0.25, -0.2) is 4.39 Å². The molecule has 0 aliphatic carbocycles. The molecule has 3 aromatic carbocycles. The van der Waals surface area contributed by atoms with Crippen LogP contribution >= 0.6 is 23.2 Å². The summed E-state index contributed by atoms with van der Waals surface area (Å²) in [5.74, 6) is -3.79. The normalized spacial score (nSPS) is 20.1. The molecule has 4 rings (SSSR count). The zero-order chi connectivity index (χ0) is 29.0. The van der Waals surface area contributed by atoms with Crippen LogP contribution in [0.15, 0.2) is 60.7 Å². The fourth-order valence-electron chi connectivity index (χ4n) is 5.16. The number of amides is 3. The largest absolute Gasteiger partial charge is 0.495 e. The Morgan fingerprint density at radius 1 is 1.02 bits per heavy atom. The Morgan fingerprint density at radius 3 is 2.45 bits per heavy atom. The third kappa shape index (κ3) is 6.22. The van der Waals surface area contributed by atoms with Gasteiger partial charge in [0.05, 0.1) is 29.8 Å². The van der Waals surface area contributed by atoms with E-state index in [1.807, 2.05) is 6.92 Å². The van der Waals surface area contributed by atoms with Crippen LogP contribution in [0.25, 0.3) is 0 Å². The summed E-state index contributed by atoms with van der Waals surface area (Å²) in [6, 6.07) is 14.1. The van der Waals surface area contributed by atoms with E-state index in [4.69, 9.17) is 33.7 Å². The third-order valence-corrected chi connectivity index (χ3v) is 7.46. The van der Waals surface area contributed by atoms with Crippen LogP contribution in [0.2, 0.25) is 10.0 Å². The fourth-order valence-corrected chi connectivity index (χ4v) is 5.53. The predicted octanol–water partition coefficient (Wildman–Crippen LogP) is 5.36. The number of benzene rings is 3. The Hall–Kier alpha value is -3.66. The first-order valence-corrected chi connectivity index (χ1v) is 13.4. The van der Waals surface area contributed by atoms with Crippen molar-refractivity contribution in [2.24, 2.45) is 11.7 Å². The molecular weight excluding hydrogens is 558 g/mol. The van der Waals surface area contributed by atoms with Crippen molar-refractivity contribution in [2.75, 3.05) is 17.7 Å². The first-order chi connectivity index (χ1) is 19.1. The van der Waals surface area contributed by atoms with Crippen LogP contribution in [-0.4, -0.2) is 36.9 Å². The molecule has 3 unspecified atom stereocenters. The number of halogens is 3. The Bertz CT molecular complexity index is 1440. The van der Waals surface area contributed by atoms with Gasteiger partial charge in [0.2, 0.25) is 17.7 Å². The topological polar surface area (TPSA) is 123 Å². The molecule has 1 aliphatic heterocycles. The average molecular weight is 587 g/mol. The van der Waals surface area contributed by atoms with Gasteiger partial charge in [-0.1, -0.05) is 54.7 Å². The van der Waals surface area contributed by atoms with Gasteiger partial charge in [0, 0.05) is 28.2 Å². The number of carbonyl (C=O) groups excluding carboxylic acids is 3. The van der Waals surface area contributed by atoms with Crippen molar-refractivity contribution in [1.29, 1.82) is 0 Å². The Morgan fingerprint density at radius 2 is 1.77 bits per heavy atom. The Balaban J connectivity index is 1.74. The van der Waals surface area contributed by atoms with Crippen LogP contribution in [0.1, 0.15) is 41.6 Å². The Labute approximate surface area is 241 Å². The molecule has 3 amide bonds. The molecule has 5 N–H and O–H groups in total. The van der Waals surface area contributed by atoms with Crippen LogP contribution in [0.3, 0.4) is 0 Å². The van der Waals surface area contributed by atoms with Gasteiger partial charge in [0.25, 0.3) is 0 Å². The van der Waals surface area contributed by atoms with Crippen molar-refractivity contribution in [3.8, 4) is 5.75 Å². The van der Waals surface area contributed by atoms with Crippen molar-refractivity contribution >= 4 is 52.3 Å². The summed E-state index contributed by atoms with van der Waals surface area (Å²) in [5.41, 5.74) is 6.46. The van der Waals surface area contributed by atoms with E-state index >= 15 is 4.39 Å². The van der Waals surface area contributed by atoms with Gasteiger partial charge in [-0.15, -0.1) is 0 Å². The van der Waals surface area contributed by atoms with Gasteiger partial charge >= 0.3 is 0 Å². The maximum atomic E-state index is 15.5. The predicted molar refractivity (Wildman–Crippen MR) is 153 cm³/mol. The maximum Gasteiger partial charge on any atom is 0.248 e. The Kier molecular flexibility index (Phi) is 9.29. The standard InChI is InChI=1S/C29H29Cl2FN4O4/c1-3-6-21-24(28(38)34-17-8-4-7-16(30)14-17)23(18-9-5-10-19(31)25(18)32)26(35-21)29(39)36-20-12-11-15(27(33)37)13-22(20)40-2/h4-5,7-14,21,23-24,26,35H,3,6H2,1-2H3,(H2,33,37)(H,34,38)(H,36,39)/t21?,23?,24?,26-/m1/s1. The number of nitrogens with one attached hydrogen (secondary N) is 3. The van der Waals surface area contributed by atoms with E-state index in [1.165, 1.54) is 37.4 Å². The molecule has 1 saturated heterocycles. The molecular formula is C29H29Cl2FN4O4. The average Bonchev–Trinajstić information content (AvgIpc) is 3.29. The van der Waals surface area contributed by atoms with Crippen molar-refractivity contribution in [3.05, 3.63) is 87.7 Å². The number of anilines is 2. The highest BCUT2D eigenvalue weighted by Gasteiger charge is 2.50. The lowest BCUT2D eigenvalue weighted by Gasteiger charge is -2.26. The second-order valence-electron chi connectivity index (χ2n) is 9.50. The summed E-state index contributed by atoms with van der Waals surface area (Å²) in [5, 5.41) is 9.28. The lowest BCUT2D eigenvalue weighted by Crippen LogP contribution is -2.41. The summed E-state index contributed by atoms with van der Waals surface area (Å²) in [6.45, 7) is 1.96. The van der Waals surface area contributed by atoms with Crippen molar-refractivity contribution in [2.45, 2.75) is 37.8 Å². The molecule has 0 spiro atoms. The smallest absolute Gasteiger partial charge is 0.248 e. The third-order valence-electron chi connectivity index (χ3n) is 6.93. The molecule has 1 heterocycles. The van der Waals surface area contributed by atoms with Gasteiger partial charge in [-0.2, -0.15) is 0 Å². The van der Waals surface area contributed by atoms with Crippen molar-refractivity contribution in [1.82, 2.24) is 5.32 Å². The number of hydrogen-bond acceptors (Lipinski definition) is 5. The van der Waals surface area contributed by atoms with Gasteiger partial charge in [0.1, 0.15) is 11.6 Å². The molecule has 3 aromatic rings. The van der Waals surface area contributed by atoms with Crippen molar-refractivity contribution in [3.63, 3.8) is 0 Å². The lowest BCUT2D eigenvalue weighted by atomic mass is 9.79. The molecule has 0 aromatic heterocycles. The van der Waals surface area contributed by atoms with E-state index in [2.05, 4.69) is 16.0 Å².